The van der Waals surface area contributed by atoms with E-state index in [0.29, 0.717) is 12.2 Å². The van der Waals surface area contributed by atoms with Gasteiger partial charge < -0.3 is 15.0 Å². The maximum absolute atomic E-state index is 12.2. The number of nitrogens with zero attached hydrogens (tertiary/aromatic N) is 1. The summed E-state index contributed by atoms with van der Waals surface area (Å²) in [5.74, 6) is -0.0431. The number of carbonyl (C=O) groups is 1. The number of aliphatic hydroxyl groups excluding tert-OH is 1. The molecule has 4 nitrogen and oxygen atoms in total. The van der Waals surface area contributed by atoms with Crippen molar-refractivity contribution in [1.82, 2.24) is 9.88 Å². The minimum atomic E-state index is -0.0923. The highest BCUT2D eigenvalue weighted by Crippen LogP contribution is 2.36. The Morgan fingerprint density at radius 1 is 1.47 bits per heavy atom. The highest BCUT2D eigenvalue weighted by Gasteiger charge is 2.33. The second-order valence-electron chi connectivity index (χ2n) is 5.94. The predicted molar refractivity (Wildman–Crippen MR) is 75.1 cm³/mol. The van der Waals surface area contributed by atoms with E-state index in [-0.39, 0.29) is 24.0 Å². The molecule has 0 aromatic carbocycles. The molecule has 1 aromatic heterocycles. The van der Waals surface area contributed by atoms with Crippen LogP contribution in [0.15, 0.2) is 18.3 Å². The van der Waals surface area contributed by atoms with Gasteiger partial charge in [0.15, 0.2) is 0 Å². The molecule has 0 saturated heterocycles. The van der Waals surface area contributed by atoms with E-state index in [1.165, 1.54) is 0 Å². The first-order chi connectivity index (χ1) is 9.08. The molecular formula is C15H24N2O2. The van der Waals surface area contributed by atoms with Crippen molar-refractivity contribution in [2.24, 2.45) is 5.41 Å². The first-order valence-electron chi connectivity index (χ1n) is 7.14. The van der Waals surface area contributed by atoms with Gasteiger partial charge in [-0.3, -0.25) is 4.79 Å². The van der Waals surface area contributed by atoms with Crippen LogP contribution in [0.2, 0.25) is 0 Å². The van der Waals surface area contributed by atoms with Gasteiger partial charge in [0.25, 0.3) is 5.91 Å². The summed E-state index contributed by atoms with van der Waals surface area (Å²) in [5, 5.41) is 12.5. The molecule has 1 aliphatic carbocycles. The number of nitrogens with one attached hydrogen (secondary N) is 1. The Kier molecular flexibility index (Phi) is 4.30. The number of aliphatic hydroxyl groups is 1. The second-order valence-corrected chi connectivity index (χ2v) is 5.94. The van der Waals surface area contributed by atoms with Gasteiger partial charge in [0.1, 0.15) is 5.69 Å². The normalized spacial score (nSPS) is 17.9. The molecule has 0 spiro atoms. The van der Waals surface area contributed by atoms with E-state index in [0.717, 1.165) is 25.7 Å². The molecular weight excluding hydrogens is 240 g/mol. The number of rotatable bonds is 5. The molecule has 1 aliphatic rings. The maximum atomic E-state index is 12.2. The Morgan fingerprint density at radius 3 is 2.74 bits per heavy atom. The average molecular weight is 264 g/mol. The fourth-order valence-electron chi connectivity index (χ4n) is 2.91. The molecule has 2 N–H and O–H groups in total. The zero-order valence-electron chi connectivity index (χ0n) is 11.9. The molecule has 106 valence electrons. The van der Waals surface area contributed by atoms with E-state index < -0.39 is 0 Å². The van der Waals surface area contributed by atoms with Gasteiger partial charge in [0.05, 0.1) is 6.61 Å². The van der Waals surface area contributed by atoms with Crippen LogP contribution in [-0.4, -0.2) is 28.7 Å². The van der Waals surface area contributed by atoms with Crippen LogP contribution in [0.25, 0.3) is 0 Å². The van der Waals surface area contributed by atoms with Crippen molar-refractivity contribution in [2.75, 3.05) is 13.2 Å². The van der Waals surface area contributed by atoms with Crippen LogP contribution in [-0.2, 0) is 0 Å². The SMILES string of the molecule is CC(C)n1cccc1C(=O)NCC1(CO)CCCC1. The largest absolute Gasteiger partial charge is 0.396 e. The van der Waals surface area contributed by atoms with Crippen LogP contribution in [0.3, 0.4) is 0 Å². The molecule has 2 rings (SSSR count). The molecule has 0 atom stereocenters. The fraction of sp³-hybridized carbons (Fsp3) is 0.667. The minimum absolute atomic E-state index is 0.0431. The monoisotopic (exact) mass is 264 g/mol. The third kappa shape index (κ3) is 3.00. The van der Waals surface area contributed by atoms with Crippen molar-refractivity contribution in [1.29, 1.82) is 0 Å². The standard InChI is InChI=1S/C15H24N2O2/c1-12(2)17-9-5-6-13(17)14(19)16-10-15(11-18)7-3-4-8-15/h5-6,9,12,18H,3-4,7-8,10-11H2,1-2H3,(H,16,19). The average Bonchev–Trinajstić information content (AvgIpc) is 3.05. The number of carbonyl (C=O) groups excluding carboxylic acids is 1. The number of amides is 1. The van der Waals surface area contributed by atoms with E-state index in [2.05, 4.69) is 19.2 Å². The van der Waals surface area contributed by atoms with Crippen LogP contribution >= 0.6 is 0 Å². The number of hydrogen-bond acceptors (Lipinski definition) is 2. The zero-order chi connectivity index (χ0) is 13.9. The highest BCUT2D eigenvalue weighted by atomic mass is 16.3. The van der Waals surface area contributed by atoms with Crippen molar-refractivity contribution in [2.45, 2.75) is 45.6 Å². The summed E-state index contributed by atoms with van der Waals surface area (Å²) in [4.78, 5) is 12.2. The van der Waals surface area contributed by atoms with E-state index in [1.54, 1.807) is 0 Å². The molecule has 1 saturated carbocycles. The van der Waals surface area contributed by atoms with E-state index >= 15 is 0 Å². The van der Waals surface area contributed by atoms with Crippen molar-refractivity contribution < 1.29 is 9.90 Å². The lowest BCUT2D eigenvalue weighted by Crippen LogP contribution is -2.39. The fourth-order valence-corrected chi connectivity index (χ4v) is 2.91. The molecule has 1 aromatic rings. The third-order valence-corrected chi connectivity index (χ3v) is 4.19. The summed E-state index contributed by atoms with van der Waals surface area (Å²) in [6, 6.07) is 4.01. The van der Waals surface area contributed by atoms with Crippen molar-refractivity contribution in [3.05, 3.63) is 24.0 Å². The van der Waals surface area contributed by atoms with Crippen molar-refractivity contribution in [3.8, 4) is 0 Å². The van der Waals surface area contributed by atoms with Crippen LogP contribution < -0.4 is 5.32 Å². The summed E-state index contributed by atoms with van der Waals surface area (Å²) in [6.07, 6.45) is 6.25. The van der Waals surface area contributed by atoms with Gasteiger partial charge in [-0.15, -0.1) is 0 Å². The van der Waals surface area contributed by atoms with Crippen LogP contribution in [0.5, 0.6) is 0 Å². The van der Waals surface area contributed by atoms with Crippen molar-refractivity contribution >= 4 is 5.91 Å². The summed E-state index contributed by atoms with van der Waals surface area (Å²) >= 11 is 0. The van der Waals surface area contributed by atoms with Gasteiger partial charge in [-0.2, -0.15) is 0 Å². The first-order valence-corrected chi connectivity index (χ1v) is 7.14. The molecule has 19 heavy (non-hydrogen) atoms. The van der Waals surface area contributed by atoms with E-state index in [1.807, 2.05) is 22.9 Å². The highest BCUT2D eigenvalue weighted by molar-refractivity contribution is 5.92. The molecule has 4 heteroatoms. The topological polar surface area (TPSA) is 54.3 Å². The Bertz CT molecular complexity index is 431. The molecule has 0 radical (unpaired) electrons. The summed E-state index contributed by atoms with van der Waals surface area (Å²) < 4.78 is 1.97. The summed E-state index contributed by atoms with van der Waals surface area (Å²) in [6.45, 7) is 4.86. The van der Waals surface area contributed by atoms with Gasteiger partial charge >= 0.3 is 0 Å². The summed E-state index contributed by atoms with van der Waals surface area (Å²) in [5.41, 5.74) is 0.603. The third-order valence-electron chi connectivity index (χ3n) is 4.19. The maximum Gasteiger partial charge on any atom is 0.267 e. The Hall–Kier alpha value is -1.29. The smallest absolute Gasteiger partial charge is 0.267 e. The minimum Gasteiger partial charge on any atom is -0.396 e. The number of hydrogen-bond donors (Lipinski definition) is 2. The van der Waals surface area contributed by atoms with Gasteiger partial charge in [-0.25, -0.2) is 0 Å². The molecule has 0 unspecified atom stereocenters. The predicted octanol–water partition coefficient (Wildman–Crippen LogP) is 2.35. The Labute approximate surface area is 114 Å². The lowest BCUT2D eigenvalue weighted by atomic mass is 9.87. The van der Waals surface area contributed by atoms with Crippen LogP contribution in [0, 0.1) is 5.41 Å². The van der Waals surface area contributed by atoms with Gasteiger partial charge in [-0.1, -0.05) is 12.8 Å². The van der Waals surface area contributed by atoms with Gasteiger partial charge in [0, 0.05) is 24.2 Å². The molecule has 0 bridgehead atoms. The van der Waals surface area contributed by atoms with Crippen molar-refractivity contribution in [3.63, 3.8) is 0 Å². The molecule has 0 aliphatic heterocycles. The second kappa shape index (κ2) is 5.78. The van der Waals surface area contributed by atoms with E-state index in [4.69, 9.17) is 0 Å². The molecule has 1 amide bonds. The lowest BCUT2D eigenvalue weighted by molar-refractivity contribution is 0.0870. The summed E-state index contributed by atoms with van der Waals surface area (Å²) in [7, 11) is 0. The van der Waals surface area contributed by atoms with Gasteiger partial charge in [-0.05, 0) is 38.8 Å². The van der Waals surface area contributed by atoms with Crippen LogP contribution in [0.1, 0.15) is 56.1 Å². The Balaban J connectivity index is 1.99. The van der Waals surface area contributed by atoms with Gasteiger partial charge in [0.2, 0.25) is 0 Å². The number of aromatic nitrogens is 1. The van der Waals surface area contributed by atoms with E-state index in [9.17, 15) is 9.90 Å². The molecule has 1 heterocycles. The van der Waals surface area contributed by atoms with Crippen LogP contribution in [0.4, 0.5) is 0 Å². The zero-order valence-corrected chi connectivity index (χ0v) is 11.9. The quantitative estimate of drug-likeness (QED) is 0.857. The Morgan fingerprint density at radius 2 is 2.16 bits per heavy atom. The lowest BCUT2D eigenvalue weighted by Gasteiger charge is -2.26. The molecule has 1 fully saturated rings. The first kappa shape index (κ1) is 14.1.